The van der Waals surface area contributed by atoms with Gasteiger partial charge in [-0.25, -0.2) is 24.3 Å². The second kappa shape index (κ2) is 15.4. The van der Waals surface area contributed by atoms with Crippen LogP contribution in [0.5, 0.6) is 0 Å². The van der Waals surface area contributed by atoms with Crippen molar-refractivity contribution in [2.45, 2.75) is 0 Å². The van der Waals surface area contributed by atoms with Crippen LogP contribution in [0.2, 0.25) is 0 Å². The Bertz CT molecular complexity index is 2990. The highest BCUT2D eigenvalue weighted by Gasteiger charge is 2.24. The third-order valence-corrected chi connectivity index (χ3v) is 10.9. The quantitative estimate of drug-likeness (QED) is 0.158. The van der Waals surface area contributed by atoms with Gasteiger partial charge in [-0.3, -0.25) is 5.41 Å². The van der Waals surface area contributed by atoms with Crippen molar-refractivity contribution >= 4 is 41.2 Å². The van der Waals surface area contributed by atoms with Gasteiger partial charge < -0.3 is 0 Å². The Morgan fingerprint density at radius 3 is 1.39 bits per heavy atom. The molecule has 278 valence electrons. The monoisotopic (exact) mass is 774 g/mol. The van der Waals surface area contributed by atoms with E-state index in [0.717, 1.165) is 83.4 Å². The molecule has 0 radical (unpaired) electrons. The summed E-state index contributed by atoms with van der Waals surface area (Å²) >= 11 is 4.29. The molecule has 1 aliphatic rings. The van der Waals surface area contributed by atoms with E-state index in [4.69, 9.17) is 25.3 Å². The summed E-state index contributed by atoms with van der Waals surface area (Å²) in [4.78, 5) is 20.4. The Morgan fingerprint density at radius 2 is 0.831 bits per heavy atom. The van der Waals surface area contributed by atoms with Gasteiger partial charge in [0, 0.05) is 38.8 Å². The molecule has 0 spiro atoms. The van der Waals surface area contributed by atoms with Crippen LogP contribution in [0.3, 0.4) is 0 Å². The number of pyridine rings is 1. The lowest BCUT2D eigenvalue weighted by Crippen LogP contribution is -2.18. The van der Waals surface area contributed by atoms with Gasteiger partial charge in [-0.2, -0.15) is 0 Å². The van der Waals surface area contributed by atoms with Gasteiger partial charge in [0.15, 0.2) is 17.5 Å². The highest BCUT2D eigenvalue weighted by atomic mass is 32.1. The number of nitrogens with one attached hydrogen (secondary N) is 1. The van der Waals surface area contributed by atoms with E-state index < -0.39 is 0 Å². The lowest BCUT2D eigenvalue weighted by atomic mass is 9.87. The summed E-state index contributed by atoms with van der Waals surface area (Å²) in [7, 11) is 0. The van der Waals surface area contributed by atoms with Gasteiger partial charge in [-0.05, 0) is 70.5 Å². The number of fused-ring (bicyclic) bond motifs is 3. The first-order chi connectivity index (χ1) is 29.1. The van der Waals surface area contributed by atoms with Gasteiger partial charge in [-0.15, -0.1) is 0 Å². The van der Waals surface area contributed by atoms with Crippen LogP contribution in [0.1, 0.15) is 11.1 Å². The first kappa shape index (κ1) is 35.8. The molecule has 0 amide bonds. The van der Waals surface area contributed by atoms with Gasteiger partial charge >= 0.3 is 0 Å². The maximum atomic E-state index is 8.64. The van der Waals surface area contributed by atoms with Crippen molar-refractivity contribution in [3.8, 4) is 78.8 Å². The molecule has 1 N–H and O–H groups in total. The van der Waals surface area contributed by atoms with Crippen molar-refractivity contribution in [2.24, 2.45) is 4.40 Å². The van der Waals surface area contributed by atoms with Crippen LogP contribution in [-0.4, -0.2) is 31.4 Å². The van der Waals surface area contributed by atoms with Crippen molar-refractivity contribution in [2.75, 3.05) is 0 Å². The number of rotatable bonds is 7. The van der Waals surface area contributed by atoms with Crippen LogP contribution in [0.15, 0.2) is 192 Å². The predicted octanol–water partition coefficient (Wildman–Crippen LogP) is 12.8. The zero-order chi connectivity index (χ0) is 39.7. The summed E-state index contributed by atoms with van der Waals surface area (Å²) in [6, 6.07) is 62.1. The Kier molecular flexibility index (Phi) is 9.33. The Morgan fingerprint density at radius 1 is 0.390 bits per heavy atom. The van der Waals surface area contributed by atoms with E-state index in [2.05, 4.69) is 132 Å². The zero-order valence-electron chi connectivity index (χ0n) is 31.7. The largest absolute Gasteiger partial charge is 0.299 e. The van der Waals surface area contributed by atoms with Gasteiger partial charge in [0.25, 0.3) is 0 Å². The average molecular weight is 775 g/mol. The summed E-state index contributed by atoms with van der Waals surface area (Å²) in [6.45, 7) is 0. The minimum absolute atomic E-state index is 0.311. The van der Waals surface area contributed by atoms with Gasteiger partial charge in [0.05, 0.1) is 16.9 Å². The molecule has 6 nitrogen and oxygen atoms in total. The van der Waals surface area contributed by atoms with Gasteiger partial charge in [0.2, 0.25) is 0 Å². The normalized spacial score (nSPS) is 12.8. The second-order valence-corrected chi connectivity index (χ2v) is 14.5. The van der Waals surface area contributed by atoms with Crippen LogP contribution >= 0.6 is 12.8 Å². The third kappa shape index (κ3) is 6.94. The van der Waals surface area contributed by atoms with Crippen molar-refractivity contribution in [3.05, 3.63) is 199 Å². The summed E-state index contributed by atoms with van der Waals surface area (Å²) in [6.07, 6.45) is 3.72. The summed E-state index contributed by atoms with van der Waals surface area (Å²) in [5, 5.41) is 9.54. The summed E-state index contributed by atoms with van der Waals surface area (Å²) in [5.41, 5.74) is 14.4. The van der Waals surface area contributed by atoms with Crippen LogP contribution in [0, 0.1) is 5.41 Å². The molecule has 0 unspecified atom stereocenters. The number of aromatic nitrogens is 4. The predicted molar refractivity (Wildman–Crippen MR) is 245 cm³/mol. The first-order valence-corrected chi connectivity index (χ1v) is 19.7. The Hall–Kier alpha value is -7.61. The topological polar surface area (TPSA) is 87.8 Å². The molecule has 0 atom stereocenters. The van der Waals surface area contributed by atoms with E-state index >= 15 is 0 Å². The molecule has 1 aliphatic carbocycles. The van der Waals surface area contributed by atoms with Crippen molar-refractivity contribution in [3.63, 3.8) is 0 Å². The molecule has 9 aromatic rings. The molecule has 0 saturated carbocycles. The van der Waals surface area contributed by atoms with E-state index in [0.29, 0.717) is 28.9 Å². The van der Waals surface area contributed by atoms with E-state index in [1.54, 1.807) is 6.08 Å². The number of allylic oxidation sites excluding steroid dienone is 1. The maximum absolute atomic E-state index is 8.64. The van der Waals surface area contributed by atoms with Gasteiger partial charge in [0.1, 0.15) is 5.71 Å². The molecule has 2 aromatic heterocycles. The third-order valence-electron chi connectivity index (χ3n) is 10.7. The van der Waals surface area contributed by atoms with E-state index in [9.17, 15) is 0 Å². The van der Waals surface area contributed by atoms with Crippen molar-refractivity contribution < 1.29 is 0 Å². The number of benzene rings is 7. The molecule has 0 aliphatic heterocycles. The zero-order valence-corrected chi connectivity index (χ0v) is 32.6. The number of nitrogens with zero attached hydrogens (tertiary/aromatic N) is 5. The minimum atomic E-state index is 0.311. The lowest BCUT2D eigenvalue weighted by Gasteiger charge is -2.20. The van der Waals surface area contributed by atoms with Crippen molar-refractivity contribution in [1.29, 1.82) is 5.41 Å². The van der Waals surface area contributed by atoms with E-state index in [-0.39, 0.29) is 0 Å². The Labute approximate surface area is 347 Å². The van der Waals surface area contributed by atoms with Crippen LogP contribution in [0.4, 0.5) is 0 Å². The summed E-state index contributed by atoms with van der Waals surface area (Å²) in [5.74, 6) is 1.76. The molecular weight excluding hydrogens is 741 g/mol. The Balaban J connectivity index is 1.08. The fraction of sp³-hybridized carbons (Fsp3) is 0. The van der Waals surface area contributed by atoms with E-state index in [1.165, 1.54) is 0 Å². The molecule has 10 rings (SSSR count). The number of hydrogen-bond acceptors (Lipinski definition) is 7. The minimum Gasteiger partial charge on any atom is -0.299 e. The fourth-order valence-electron chi connectivity index (χ4n) is 7.66. The molecular formula is C52H34N6S. The second-order valence-electron chi connectivity index (χ2n) is 14.3. The molecule has 0 saturated heterocycles. The molecule has 2 heterocycles. The highest BCUT2D eigenvalue weighted by molar-refractivity contribution is 7.79. The van der Waals surface area contributed by atoms with Gasteiger partial charge in [-0.1, -0.05) is 170 Å². The van der Waals surface area contributed by atoms with Crippen LogP contribution in [-0.2, 0) is 0 Å². The SMILES string of the molecule is N=C1C=Cc2c(-c3ccccc3)nc3cc(-c4cccc(-c5nc(-c6ccc(-c7ccccc7)cc6)nc(-c6ccc(-c7ccccc7)cc6)n5)c4)ccc3c2/C1=N/S. The number of thiol groups is 1. The summed E-state index contributed by atoms with van der Waals surface area (Å²) < 4.78 is 4.26. The number of hydrogen-bond donors (Lipinski definition) is 2. The van der Waals surface area contributed by atoms with Crippen molar-refractivity contribution in [1.82, 2.24) is 19.9 Å². The van der Waals surface area contributed by atoms with E-state index in [1.807, 2.05) is 72.8 Å². The standard InChI is InChI=1S/C52H34N6S/c53-45-30-29-44-47(49(45)58-59)43-28-27-41(32-46(43)54-48(44)37-15-8-3-9-16-37)40-17-10-18-42(31-40)52-56-50(38-23-19-35(20-24-38)33-11-4-1-5-12-33)55-51(57-52)39-25-21-36(22-26-39)34-13-6-2-7-14-34/h1-32,53,59H/b53-45?,58-49+. The molecule has 0 fully saturated rings. The lowest BCUT2D eigenvalue weighted by molar-refractivity contribution is 1.07. The molecule has 7 aromatic carbocycles. The smallest absolute Gasteiger partial charge is 0.164 e. The fourth-order valence-corrected chi connectivity index (χ4v) is 7.87. The molecule has 59 heavy (non-hydrogen) atoms. The van der Waals surface area contributed by atoms with Crippen LogP contribution < -0.4 is 0 Å². The average Bonchev–Trinajstić information content (AvgIpc) is 3.32. The van der Waals surface area contributed by atoms with Crippen LogP contribution in [0.25, 0.3) is 95.8 Å². The first-order valence-electron chi connectivity index (χ1n) is 19.3. The maximum Gasteiger partial charge on any atom is 0.164 e. The molecule has 7 heteroatoms. The molecule has 0 bridgehead atoms. The highest BCUT2D eigenvalue weighted by Crippen LogP contribution is 2.37.